The Kier molecular flexibility index (Phi) is 4.69. The van der Waals surface area contributed by atoms with Crippen molar-refractivity contribution in [1.29, 1.82) is 0 Å². The highest BCUT2D eigenvalue weighted by Gasteiger charge is 2.30. The standard InChI is InChI=1S/C14H18F3NO/c15-14(16,17)19-13-7-5-12(6-8-13)10-18-9-1-2-11-3-4-11/h5-8,11,18H,1-4,9-10H2. The van der Waals surface area contributed by atoms with Crippen molar-refractivity contribution in [3.05, 3.63) is 29.8 Å². The Morgan fingerprint density at radius 3 is 2.42 bits per heavy atom. The fraction of sp³-hybridized carbons (Fsp3) is 0.571. The molecule has 5 heteroatoms. The molecule has 0 aliphatic heterocycles. The largest absolute Gasteiger partial charge is 0.573 e. The molecule has 0 bridgehead atoms. The first-order chi connectivity index (χ1) is 9.03. The van der Waals surface area contributed by atoms with Gasteiger partial charge < -0.3 is 10.1 Å². The number of benzene rings is 1. The van der Waals surface area contributed by atoms with Crippen molar-refractivity contribution in [2.75, 3.05) is 6.54 Å². The Morgan fingerprint density at radius 2 is 1.84 bits per heavy atom. The molecule has 1 fully saturated rings. The number of hydrogen-bond acceptors (Lipinski definition) is 2. The van der Waals surface area contributed by atoms with Gasteiger partial charge in [-0.3, -0.25) is 0 Å². The van der Waals surface area contributed by atoms with E-state index in [-0.39, 0.29) is 5.75 Å². The summed E-state index contributed by atoms with van der Waals surface area (Å²) in [6, 6.07) is 5.98. The summed E-state index contributed by atoms with van der Waals surface area (Å²) in [6.07, 6.45) is 0.579. The minimum atomic E-state index is -4.62. The summed E-state index contributed by atoms with van der Waals surface area (Å²) in [6.45, 7) is 1.63. The summed E-state index contributed by atoms with van der Waals surface area (Å²) in [5, 5.41) is 3.29. The van der Waals surface area contributed by atoms with Crippen LogP contribution in [-0.2, 0) is 6.54 Å². The zero-order valence-electron chi connectivity index (χ0n) is 10.7. The molecule has 2 rings (SSSR count). The zero-order valence-corrected chi connectivity index (χ0v) is 10.7. The smallest absolute Gasteiger partial charge is 0.406 e. The van der Waals surface area contributed by atoms with Crippen molar-refractivity contribution < 1.29 is 17.9 Å². The van der Waals surface area contributed by atoms with Crippen LogP contribution in [0.25, 0.3) is 0 Å². The SMILES string of the molecule is FC(F)(F)Oc1ccc(CNCCCC2CC2)cc1. The third-order valence-corrected chi connectivity index (χ3v) is 3.15. The molecule has 0 atom stereocenters. The molecular weight excluding hydrogens is 255 g/mol. The van der Waals surface area contributed by atoms with Gasteiger partial charge in [0.15, 0.2) is 0 Å². The number of alkyl halides is 3. The normalized spacial score (nSPS) is 15.5. The third kappa shape index (κ3) is 5.96. The Balaban J connectivity index is 1.66. The molecule has 1 aliphatic rings. The molecule has 1 aliphatic carbocycles. The maximum Gasteiger partial charge on any atom is 0.573 e. The third-order valence-electron chi connectivity index (χ3n) is 3.15. The van der Waals surface area contributed by atoms with Gasteiger partial charge in [0, 0.05) is 6.54 Å². The van der Waals surface area contributed by atoms with Gasteiger partial charge in [-0.1, -0.05) is 25.0 Å². The number of halogens is 3. The Morgan fingerprint density at radius 1 is 1.16 bits per heavy atom. The fourth-order valence-electron chi connectivity index (χ4n) is 1.96. The Hall–Kier alpha value is -1.23. The minimum Gasteiger partial charge on any atom is -0.406 e. The molecule has 1 aromatic rings. The molecule has 0 spiro atoms. The number of rotatable bonds is 7. The molecular formula is C14H18F3NO. The molecule has 0 heterocycles. The van der Waals surface area contributed by atoms with Gasteiger partial charge in [-0.05, 0) is 43.0 Å². The van der Waals surface area contributed by atoms with Crippen LogP contribution in [0.1, 0.15) is 31.2 Å². The monoisotopic (exact) mass is 273 g/mol. The summed E-state index contributed by atoms with van der Waals surface area (Å²) in [5.41, 5.74) is 0.959. The van der Waals surface area contributed by atoms with Crippen LogP contribution in [0.4, 0.5) is 13.2 Å². The van der Waals surface area contributed by atoms with Crippen LogP contribution in [0.3, 0.4) is 0 Å². The van der Waals surface area contributed by atoms with E-state index in [1.54, 1.807) is 12.1 Å². The Bertz CT molecular complexity index is 385. The van der Waals surface area contributed by atoms with E-state index in [0.29, 0.717) is 6.54 Å². The van der Waals surface area contributed by atoms with Crippen LogP contribution in [0.5, 0.6) is 5.75 Å². The van der Waals surface area contributed by atoms with E-state index in [0.717, 1.165) is 18.0 Å². The van der Waals surface area contributed by atoms with Crippen molar-refractivity contribution in [1.82, 2.24) is 5.32 Å². The average Bonchev–Trinajstić information content (AvgIpc) is 3.13. The molecule has 0 amide bonds. The molecule has 0 radical (unpaired) electrons. The van der Waals surface area contributed by atoms with E-state index in [9.17, 15) is 13.2 Å². The van der Waals surface area contributed by atoms with Gasteiger partial charge in [-0.2, -0.15) is 0 Å². The topological polar surface area (TPSA) is 21.3 Å². The molecule has 1 N–H and O–H groups in total. The van der Waals surface area contributed by atoms with Crippen LogP contribution in [0.2, 0.25) is 0 Å². The summed E-state index contributed by atoms with van der Waals surface area (Å²) in [5.74, 6) is 0.769. The van der Waals surface area contributed by atoms with Crippen molar-refractivity contribution in [3.63, 3.8) is 0 Å². The first-order valence-electron chi connectivity index (χ1n) is 6.58. The molecule has 0 aromatic heterocycles. The highest BCUT2D eigenvalue weighted by Crippen LogP contribution is 2.33. The molecule has 1 aromatic carbocycles. The average molecular weight is 273 g/mol. The van der Waals surface area contributed by atoms with Gasteiger partial charge in [0.1, 0.15) is 5.75 Å². The minimum absolute atomic E-state index is 0.176. The molecule has 1 saturated carbocycles. The second kappa shape index (κ2) is 6.28. The van der Waals surface area contributed by atoms with Gasteiger partial charge in [-0.15, -0.1) is 13.2 Å². The lowest BCUT2D eigenvalue weighted by Crippen LogP contribution is -2.17. The van der Waals surface area contributed by atoms with E-state index in [4.69, 9.17) is 0 Å². The van der Waals surface area contributed by atoms with Gasteiger partial charge in [0.25, 0.3) is 0 Å². The van der Waals surface area contributed by atoms with E-state index < -0.39 is 6.36 Å². The van der Waals surface area contributed by atoms with E-state index in [2.05, 4.69) is 10.1 Å². The van der Waals surface area contributed by atoms with Gasteiger partial charge in [0.2, 0.25) is 0 Å². The lowest BCUT2D eigenvalue weighted by Gasteiger charge is -2.09. The van der Waals surface area contributed by atoms with Gasteiger partial charge in [-0.25, -0.2) is 0 Å². The van der Waals surface area contributed by atoms with Crippen LogP contribution < -0.4 is 10.1 Å². The van der Waals surface area contributed by atoms with Crippen molar-refractivity contribution in [2.24, 2.45) is 5.92 Å². The predicted molar refractivity (Wildman–Crippen MR) is 66.8 cm³/mol. The molecule has 106 valence electrons. The lowest BCUT2D eigenvalue weighted by molar-refractivity contribution is -0.274. The summed E-state index contributed by atoms with van der Waals surface area (Å²) >= 11 is 0. The number of nitrogens with one attached hydrogen (secondary N) is 1. The molecule has 19 heavy (non-hydrogen) atoms. The first kappa shape index (κ1) is 14.2. The number of hydrogen-bond donors (Lipinski definition) is 1. The van der Waals surface area contributed by atoms with Crippen LogP contribution in [0, 0.1) is 5.92 Å². The van der Waals surface area contributed by atoms with Crippen molar-refractivity contribution in [2.45, 2.75) is 38.6 Å². The van der Waals surface area contributed by atoms with Crippen LogP contribution in [-0.4, -0.2) is 12.9 Å². The molecule has 0 unspecified atom stereocenters. The second-order valence-electron chi connectivity index (χ2n) is 4.95. The molecule has 2 nitrogen and oxygen atoms in total. The maximum absolute atomic E-state index is 12.0. The van der Waals surface area contributed by atoms with Crippen LogP contribution in [0.15, 0.2) is 24.3 Å². The summed E-state index contributed by atoms with van der Waals surface area (Å²) < 4.78 is 39.7. The van der Waals surface area contributed by atoms with Gasteiger partial charge >= 0.3 is 6.36 Å². The van der Waals surface area contributed by atoms with Gasteiger partial charge in [0.05, 0.1) is 0 Å². The summed E-state index contributed by atoms with van der Waals surface area (Å²) in [7, 11) is 0. The van der Waals surface area contributed by atoms with E-state index >= 15 is 0 Å². The Labute approximate surface area is 111 Å². The lowest BCUT2D eigenvalue weighted by atomic mass is 10.2. The fourth-order valence-corrected chi connectivity index (χ4v) is 1.96. The highest BCUT2D eigenvalue weighted by atomic mass is 19.4. The quantitative estimate of drug-likeness (QED) is 0.762. The van der Waals surface area contributed by atoms with E-state index in [1.807, 2.05) is 0 Å². The predicted octanol–water partition coefficient (Wildman–Crippen LogP) is 3.87. The van der Waals surface area contributed by atoms with E-state index in [1.165, 1.54) is 37.8 Å². The molecule has 0 saturated heterocycles. The maximum atomic E-state index is 12.0. The van der Waals surface area contributed by atoms with Crippen molar-refractivity contribution >= 4 is 0 Å². The highest BCUT2D eigenvalue weighted by molar-refractivity contribution is 5.27. The number of ether oxygens (including phenoxy) is 1. The first-order valence-corrected chi connectivity index (χ1v) is 6.58. The van der Waals surface area contributed by atoms with Crippen molar-refractivity contribution in [3.8, 4) is 5.75 Å². The zero-order chi connectivity index (χ0) is 13.7. The summed E-state index contributed by atoms with van der Waals surface area (Å²) in [4.78, 5) is 0. The second-order valence-corrected chi connectivity index (χ2v) is 4.95. The van der Waals surface area contributed by atoms with Crippen LogP contribution >= 0.6 is 0 Å².